The van der Waals surface area contributed by atoms with Gasteiger partial charge in [-0.05, 0) is 31.2 Å². The summed E-state index contributed by atoms with van der Waals surface area (Å²) in [6, 6.07) is 13.3. The van der Waals surface area contributed by atoms with Gasteiger partial charge in [0.25, 0.3) is 0 Å². The first kappa shape index (κ1) is 14.4. The van der Waals surface area contributed by atoms with E-state index in [1.807, 2.05) is 41.0 Å². The van der Waals surface area contributed by atoms with E-state index in [1.165, 1.54) is 11.8 Å². The van der Waals surface area contributed by atoms with Crippen molar-refractivity contribution < 1.29 is 9.21 Å². The minimum Gasteiger partial charge on any atom is -0.461 e. The van der Waals surface area contributed by atoms with Crippen LogP contribution in [0.3, 0.4) is 0 Å². The van der Waals surface area contributed by atoms with Gasteiger partial charge in [0.15, 0.2) is 10.9 Å². The highest BCUT2D eigenvalue weighted by Crippen LogP contribution is 2.30. The van der Waals surface area contributed by atoms with Crippen LogP contribution in [0.5, 0.6) is 0 Å². The predicted octanol–water partition coefficient (Wildman–Crippen LogP) is 2.49. The Balaban J connectivity index is 2.10. The minimum atomic E-state index is -0.406. The van der Waals surface area contributed by atoms with Gasteiger partial charge in [0.1, 0.15) is 0 Å². The second-order valence-electron chi connectivity index (χ2n) is 4.62. The Labute approximate surface area is 131 Å². The minimum absolute atomic E-state index is 0.396. The zero-order chi connectivity index (χ0) is 15.5. The van der Waals surface area contributed by atoms with Gasteiger partial charge < -0.3 is 10.2 Å². The molecule has 0 aliphatic heterocycles. The molecule has 2 aromatic heterocycles. The van der Waals surface area contributed by atoms with Crippen molar-refractivity contribution in [3.63, 3.8) is 0 Å². The largest absolute Gasteiger partial charge is 0.461 e. The van der Waals surface area contributed by atoms with Crippen LogP contribution in [-0.2, 0) is 4.79 Å². The van der Waals surface area contributed by atoms with E-state index in [0.717, 1.165) is 5.69 Å². The summed E-state index contributed by atoms with van der Waals surface area (Å²) in [5, 5.41) is 8.55. The van der Waals surface area contributed by atoms with E-state index in [4.69, 9.17) is 10.2 Å². The van der Waals surface area contributed by atoms with Crippen LogP contribution in [0.4, 0.5) is 0 Å². The van der Waals surface area contributed by atoms with Crippen molar-refractivity contribution in [3.8, 4) is 17.3 Å². The quantitative estimate of drug-likeness (QED) is 0.731. The van der Waals surface area contributed by atoms with Crippen LogP contribution in [0.25, 0.3) is 17.3 Å². The van der Waals surface area contributed by atoms with E-state index in [0.29, 0.717) is 16.7 Å². The maximum atomic E-state index is 11.3. The van der Waals surface area contributed by atoms with Gasteiger partial charge >= 0.3 is 0 Å². The Morgan fingerprint density at radius 1 is 1.23 bits per heavy atom. The van der Waals surface area contributed by atoms with Crippen molar-refractivity contribution in [1.29, 1.82) is 0 Å². The highest BCUT2D eigenvalue weighted by molar-refractivity contribution is 8.00. The molecule has 0 unspecified atom stereocenters. The molecule has 6 nitrogen and oxygen atoms in total. The Kier molecular flexibility index (Phi) is 3.97. The average Bonchev–Trinajstić information content (AvgIpc) is 3.16. The lowest BCUT2D eigenvalue weighted by Crippen LogP contribution is -2.23. The molecule has 22 heavy (non-hydrogen) atoms. The van der Waals surface area contributed by atoms with Crippen LogP contribution < -0.4 is 5.73 Å². The molecule has 1 amide bonds. The standard InChI is InChI=1S/C15H14N4O2S/c1-10(13(16)20)22-15-18-17-14(12-8-5-9-21-12)19(15)11-6-3-2-4-7-11/h2-10H,1H3,(H2,16,20)/t10-/m0/s1. The molecule has 0 saturated heterocycles. The number of primary amides is 1. The Hall–Kier alpha value is -2.54. The van der Waals surface area contributed by atoms with Gasteiger partial charge in [0.2, 0.25) is 11.7 Å². The van der Waals surface area contributed by atoms with Crippen molar-refractivity contribution in [1.82, 2.24) is 14.8 Å². The van der Waals surface area contributed by atoms with E-state index < -0.39 is 11.2 Å². The smallest absolute Gasteiger partial charge is 0.230 e. The third kappa shape index (κ3) is 2.75. The number of carbonyl (C=O) groups excluding carboxylic acids is 1. The Morgan fingerprint density at radius 2 is 2.00 bits per heavy atom. The van der Waals surface area contributed by atoms with Gasteiger partial charge in [-0.3, -0.25) is 9.36 Å². The number of furan rings is 1. The lowest BCUT2D eigenvalue weighted by Gasteiger charge is -2.10. The van der Waals surface area contributed by atoms with Crippen molar-refractivity contribution in [2.75, 3.05) is 0 Å². The monoisotopic (exact) mass is 314 g/mol. The molecule has 3 rings (SSSR count). The first-order valence-corrected chi connectivity index (χ1v) is 7.55. The predicted molar refractivity (Wildman–Crippen MR) is 83.6 cm³/mol. The molecular formula is C15H14N4O2S. The number of thioether (sulfide) groups is 1. The summed E-state index contributed by atoms with van der Waals surface area (Å²) >= 11 is 1.26. The zero-order valence-electron chi connectivity index (χ0n) is 11.8. The fraction of sp³-hybridized carbons (Fsp3) is 0.133. The maximum Gasteiger partial charge on any atom is 0.230 e. The van der Waals surface area contributed by atoms with Crippen LogP contribution in [-0.4, -0.2) is 25.9 Å². The van der Waals surface area contributed by atoms with Crippen LogP contribution in [0.1, 0.15) is 6.92 Å². The lowest BCUT2D eigenvalue weighted by atomic mass is 10.3. The van der Waals surface area contributed by atoms with E-state index in [2.05, 4.69) is 10.2 Å². The molecule has 1 aromatic carbocycles. The number of nitrogens with zero attached hydrogens (tertiary/aromatic N) is 3. The van der Waals surface area contributed by atoms with E-state index in [9.17, 15) is 4.79 Å². The lowest BCUT2D eigenvalue weighted by molar-refractivity contribution is -0.117. The van der Waals surface area contributed by atoms with Crippen molar-refractivity contribution in [2.24, 2.45) is 5.73 Å². The summed E-state index contributed by atoms with van der Waals surface area (Å²) in [5.41, 5.74) is 6.23. The maximum absolute atomic E-state index is 11.3. The number of benzene rings is 1. The molecule has 0 spiro atoms. The summed E-state index contributed by atoms with van der Waals surface area (Å²) in [6.45, 7) is 1.74. The van der Waals surface area contributed by atoms with Crippen LogP contribution >= 0.6 is 11.8 Å². The number of nitrogens with two attached hydrogens (primary N) is 1. The van der Waals surface area contributed by atoms with Crippen molar-refractivity contribution in [2.45, 2.75) is 17.3 Å². The fourth-order valence-electron chi connectivity index (χ4n) is 1.94. The third-order valence-corrected chi connectivity index (χ3v) is 4.13. The summed E-state index contributed by atoms with van der Waals surface area (Å²) < 4.78 is 7.27. The molecule has 3 aromatic rings. The van der Waals surface area contributed by atoms with Gasteiger partial charge in [0, 0.05) is 5.69 Å². The number of hydrogen-bond donors (Lipinski definition) is 1. The second kappa shape index (κ2) is 6.07. The van der Waals surface area contributed by atoms with Crippen molar-refractivity contribution >= 4 is 17.7 Å². The molecule has 2 heterocycles. The molecule has 0 saturated carbocycles. The van der Waals surface area contributed by atoms with Gasteiger partial charge in [-0.2, -0.15) is 0 Å². The molecule has 7 heteroatoms. The highest BCUT2D eigenvalue weighted by atomic mass is 32.2. The zero-order valence-corrected chi connectivity index (χ0v) is 12.7. The average molecular weight is 314 g/mol. The van der Waals surface area contributed by atoms with Crippen LogP contribution in [0.2, 0.25) is 0 Å². The molecule has 2 N–H and O–H groups in total. The number of aromatic nitrogens is 3. The summed E-state index contributed by atoms with van der Waals surface area (Å²) in [5.74, 6) is 0.789. The topological polar surface area (TPSA) is 86.9 Å². The van der Waals surface area contributed by atoms with Gasteiger partial charge in [-0.1, -0.05) is 30.0 Å². The molecule has 0 aliphatic rings. The van der Waals surface area contributed by atoms with E-state index in [-0.39, 0.29) is 0 Å². The third-order valence-electron chi connectivity index (χ3n) is 3.07. The van der Waals surface area contributed by atoms with Crippen molar-refractivity contribution in [3.05, 3.63) is 48.7 Å². The molecule has 112 valence electrons. The van der Waals surface area contributed by atoms with Crippen LogP contribution in [0, 0.1) is 0 Å². The number of amides is 1. The summed E-state index contributed by atoms with van der Waals surface area (Å²) in [4.78, 5) is 11.3. The first-order valence-electron chi connectivity index (χ1n) is 6.67. The normalized spacial score (nSPS) is 12.2. The molecule has 0 radical (unpaired) electrons. The molecule has 0 aliphatic carbocycles. The van der Waals surface area contributed by atoms with E-state index >= 15 is 0 Å². The van der Waals surface area contributed by atoms with E-state index in [1.54, 1.807) is 19.3 Å². The number of carbonyl (C=O) groups is 1. The molecule has 0 bridgehead atoms. The second-order valence-corrected chi connectivity index (χ2v) is 5.92. The van der Waals surface area contributed by atoms with Gasteiger partial charge in [-0.15, -0.1) is 10.2 Å². The molecule has 1 atom stereocenters. The number of rotatable bonds is 5. The summed E-state index contributed by atoms with van der Waals surface area (Å²) in [6.07, 6.45) is 1.58. The summed E-state index contributed by atoms with van der Waals surface area (Å²) in [7, 11) is 0. The Morgan fingerprint density at radius 3 is 2.64 bits per heavy atom. The Bertz CT molecular complexity index is 768. The van der Waals surface area contributed by atoms with Crippen LogP contribution in [0.15, 0.2) is 58.3 Å². The molecular weight excluding hydrogens is 300 g/mol. The highest BCUT2D eigenvalue weighted by Gasteiger charge is 2.21. The number of para-hydroxylation sites is 1. The SMILES string of the molecule is C[C@H](Sc1nnc(-c2ccco2)n1-c1ccccc1)C(N)=O. The first-order chi connectivity index (χ1) is 10.7. The van der Waals surface area contributed by atoms with Gasteiger partial charge in [0.05, 0.1) is 11.5 Å². The molecule has 0 fully saturated rings. The number of hydrogen-bond acceptors (Lipinski definition) is 5. The van der Waals surface area contributed by atoms with Gasteiger partial charge in [-0.25, -0.2) is 0 Å². The fourth-order valence-corrected chi connectivity index (χ4v) is 2.76.